The van der Waals surface area contributed by atoms with E-state index in [0.717, 1.165) is 13.0 Å². The maximum atomic E-state index is 11.5. The Morgan fingerprint density at radius 1 is 1.62 bits per heavy atom. The third-order valence-corrected chi connectivity index (χ3v) is 1.68. The van der Waals surface area contributed by atoms with E-state index in [4.69, 9.17) is 0 Å². The molecule has 0 saturated carbocycles. The first-order valence-electron chi connectivity index (χ1n) is 4.14. The number of rotatable bonds is 4. The molecule has 0 atom stereocenters. The first kappa shape index (κ1) is 12.4. The van der Waals surface area contributed by atoms with Crippen molar-refractivity contribution in [3.63, 3.8) is 0 Å². The molecule has 4 heteroatoms. The first-order valence-corrected chi connectivity index (χ1v) is 4.93. The van der Waals surface area contributed by atoms with Gasteiger partial charge in [-0.1, -0.05) is 13.5 Å². The number of amides is 1. The van der Waals surface area contributed by atoms with E-state index in [1.54, 1.807) is 18.9 Å². The average molecular weight is 247 g/mol. The quantitative estimate of drug-likeness (QED) is 0.553. The lowest BCUT2D eigenvalue weighted by Gasteiger charge is -2.15. The first-order chi connectivity index (χ1) is 5.99. The van der Waals surface area contributed by atoms with Gasteiger partial charge in [0.25, 0.3) is 5.91 Å². The molecule has 0 rings (SSSR count). The Kier molecular flexibility index (Phi) is 5.62. The van der Waals surface area contributed by atoms with E-state index in [9.17, 15) is 4.79 Å². The van der Waals surface area contributed by atoms with Gasteiger partial charge in [-0.2, -0.15) is 0 Å². The summed E-state index contributed by atoms with van der Waals surface area (Å²) in [6, 6.07) is 0. The standard InChI is InChI=1S/C9H15BrN2O/c1-5-6-12(4)9(13)7(2)11-8(3)10/h3,5-6H2,1-2,4H3/b11-7+. The van der Waals surface area contributed by atoms with Crippen LogP contribution in [0.2, 0.25) is 0 Å². The van der Waals surface area contributed by atoms with Crippen LogP contribution < -0.4 is 0 Å². The van der Waals surface area contributed by atoms with Crippen LogP contribution in [0.25, 0.3) is 0 Å². The molecule has 0 aromatic rings. The number of nitrogens with zero attached hydrogens (tertiary/aromatic N) is 2. The Balaban J connectivity index is 4.33. The van der Waals surface area contributed by atoms with E-state index >= 15 is 0 Å². The van der Waals surface area contributed by atoms with Gasteiger partial charge < -0.3 is 4.90 Å². The molecule has 0 aromatic heterocycles. The van der Waals surface area contributed by atoms with Crippen LogP contribution in [-0.2, 0) is 4.79 Å². The highest BCUT2D eigenvalue weighted by atomic mass is 79.9. The molecule has 0 radical (unpaired) electrons. The summed E-state index contributed by atoms with van der Waals surface area (Å²) in [6.45, 7) is 8.00. The van der Waals surface area contributed by atoms with Crippen molar-refractivity contribution in [2.45, 2.75) is 20.3 Å². The highest BCUT2D eigenvalue weighted by molar-refractivity contribution is 9.11. The second-order valence-electron chi connectivity index (χ2n) is 2.80. The van der Waals surface area contributed by atoms with Crippen LogP contribution in [0, 0.1) is 0 Å². The smallest absolute Gasteiger partial charge is 0.267 e. The molecule has 0 aromatic carbocycles. The third kappa shape index (κ3) is 4.83. The van der Waals surface area contributed by atoms with Crippen LogP contribution in [0.4, 0.5) is 0 Å². The molecule has 0 fully saturated rings. The molecule has 0 aliphatic carbocycles. The van der Waals surface area contributed by atoms with E-state index in [1.807, 2.05) is 6.92 Å². The lowest BCUT2D eigenvalue weighted by atomic mass is 10.3. The van der Waals surface area contributed by atoms with Gasteiger partial charge in [0.15, 0.2) is 0 Å². The van der Waals surface area contributed by atoms with E-state index in [1.165, 1.54) is 0 Å². The molecule has 0 aliphatic rings. The molecule has 0 spiro atoms. The van der Waals surface area contributed by atoms with Crippen molar-refractivity contribution in [3.05, 3.63) is 11.2 Å². The summed E-state index contributed by atoms with van der Waals surface area (Å²) in [5, 5.41) is 0. The van der Waals surface area contributed by atoms with Crippen LogP contribution in [0.5, 0.6) is 0 Å². The number of halogens is 1. The van der Waals surface area contributed by atoms with Crippen molar-refractivity contribution in [2.24, 2.45) is 4.99 Å². The predicted octanol–water partition coefficient (Wildman–Crippen LogP) is 2.18. The molecule has 3 nitrogen and oxygen atoms in total. The maximum Gasteiger partial charge on any atom is 0.267 e. The fourth-order valence-electron chi connectivity index (χ4n) is 0.943. The summed E-state index contributed by atoms with van der Waals surface area (Å²) in [5.74, 6) is -0.0533. The Morgan fingerprint density at radius 2 is 2.15 bits per heavy atom. The molecular formula is C9H15BrN2O. The number of carbonyl (C=O) groups excluding carboxylic acids is 1. The van der Waals surface area contributed by atoms with E-state index in [0.29, 0.717) is 10.3 Å². The molecule has 1 amide bonds. The summed E-state index contributed by atoms with van der Waals surface area (Å²) in [4.78, 5) is 17.1. The van der Waals surface area contributed by atoms with Gasteiger partial charge in [0.05, 0.1) is 4.61 Å². The van der Waals surface area contributed by atoms with Crippen molar-refractivity contribution in [2.75, 3.05) is 13.6 Å². The molecule has 0 heterocycles. The molecule has 0 bridgehead atoms. The Bertz CT molecular complexity index is 236. The topological polar surface area (TPSA) is 32.7 Å². The SMILES string of the molecule is C=C(Br)/N=C(\C)C(=O)N(C)CCC. The maximum absolute atomic E-state index is 11.5. The van der Waals surface area contributed by atoms with Gasteiger partial charge in [0.2, 0.25) is 0 Å². The van der Waals surface area contributed by atoms with Crippen molar-refractivity contribution in [1.29, 1.82) is 0 Å². The molecule has 0 saturated heterocycles. The van der Waals surface area contributed by atoms with Crippen LogP contribution in [-0.4, -0.2) is 30.1 Å². The zero-order valence-corrected chi connectivity index (χ0v) is 9.89. The summed E-state index contributed by atoms with van der Waals surface area (Å²) >= 11 is 3.08. The van der Waals surface area contributed by atoms with Gasteiger partial charge in [-0.05, 0) is 29.3 Å². The summed E-state index contributed by atoms with van der Waals surface area (Å²) < 4.78 is 0.475. The molecule has 74 valence electrons. The van der Waals surface area contributed by atoms with Gasteiger partial charge in [-0.3, -0.25) is 4.79 Å². The second-order valence-corrected chi connectivity index (χ2v) is 3.72. The Labute approximate surface area is 87.7 Å². The summed E-state index contributed by atoms with van der Waals surface area (Å²) in [6.07, 6.45) is 0.949. The van der Waals surface area contributed by atoms with Crippen LogP contribution in [0.1, 0.15) is 20.3 Å². The molecule has 0 N–H and O–H groups in total. The Morgan fingerprint density at radius 3 is 2.54 bits per heavy atom. The van der Waals surface area contributed by atoms with E-state index in [2.05, 4.69) is 27.5 Å². The normalized spacial score (nSPS) is 11.2. The fraction of sp³-hybridized carbons (Fsp3) is 0.556. The van der Waals surface area contributed by atoms with Gasteiger partial charge in [0, 0.05) is 13.6 Å². The summed E-state index contributed by atoms with van der Waals surface area (Å²) in [5.41, 5.74) is 0.456. The number of hydrogen-bond acceptors (Lipinski definition) is 2. The summed E-state index contributed by atoms with van der Waals surface area (Å²) in [7, 11) is 1.77. The predicted molar refractivity (Wildman–Crippen MR) is 59.1 cm³/mol. The van der Waals surface area contributed by atoms with Crippen molar-refractivity contribution >= 4 is 27.5 Å². The monoisotopic (exact) mass is 246 g/mol. The average Bonchev–Trinajstić information content (AvgIpc) is 2.02. The van der Waals surface area contributed by atoms with Crippen molar-refractivity contribution in [1.82, 2.24) is 4.90 Å². The highest BCUT2D eigenvalue weighted by Crippen LogP contribution is 2.03. The second kappa shape index (κ2) is 5.91. The molecular weight excluding hydrogens is 232 g/mol. The highest BCUT2D eigenvalue weighted by Gasteiger charge is 2.10. The number of aliphatic imine (C=N–C) groups is 1. The minimum Gasteiger partial charge on any atom is -0.341 e. The van der Waals surface area contributed by atoms with Crippen LogP contribution in [0.15, 0.2) is 16.2 Å². The minimum atomic E-state index is -0.0533. The lowest BCUT2D eigenvalue weighted by molar-refractivity contribution is -0.122. The van der Waals surface area contributed by atoms with Gasteiger partial charge in [0.1, 0.15) is 5.71 Å². The number of carbonyl (C=O) groups is 1. The largest absolute Gasteiger partial charge is 0.341 e. The van der Waals surface area contributed by atoms with Crippen LogP contribution in [0.3, 0.4) is 0 Å². The third-order valence-electron chi connectivity index (χ3n) is 1.50. The minimum absolute atomic E-state index is 0.0533. The zero-order chi connectivity index (χ0) is 10.4. The van der Waals surface area contributed by atoms with Gasteiger partial charge in [-0.15, -0.1) is 0 Å². The molecule has 0 unspecified atom stereocenters. The van der Waals surface area contributed by atoms with Crippen molar-refractivity contribution < 1.29 is 4.79 Å². The fourth-order valence-corrected chi connectivity index (χ4v) is 1.21. The number of hydrogen-bond donors (Lipinski definition) is 0. The zero-order valence-electron chi connectivity index (χ0n) is 8.30. The van der Waals surface area contributed by atoms with Crippen LogP contribution >= 0.6 is 15.9 Å². The van der Waals surface area contributed by atoms with Gasteiger partial charge in [-0.25, -0.2) is 4.99 Å². The lowest BCUT2D eigenvalue weighted by Crippen LogP contribution is -2.32. The molecule has 0 aliphatic heterocycles. The van der Waals surface area contributed by atoms with E-state index in [-0.39, 0.29) is 5.91 Å². The van der Waals surface area contributed by atoms with Gasteiger partial charge >= 0.3 is 0 Å². The van der Waals surface area contributed by atoms with Crippen molar-refractivity contribution in [3.8, 4) is 0 Å². The Hall–Kier alpha value is -0.640. The van der Waals surface area contributed by atoms with E-state index < -0.39 is 0 Å². The molecule has 13 heavy (non-hydrogen) atoms.